The van der Waals surface area contributed by atoms with Crippen molar-refractivity contribution in [3.63, 3.8) is 0 Å². The molecule has 14 heteroatoms. The molecule has 3 N–H and O–H groups in total. The fraction of sp³-hybridized carbons (Fsp3) is 0.346. The van der Waals surface area contributed by atoms with Crippen molar-refractivity contribution in [2.75, 3.05) is 17.7 Å². The number of rotatable bonds is 7. The average molecular weight is 574 g/mol. The summed E-state index contributed by atoms with van der Waals surface area (Å²) in [5.74, 6) is 7.00. The first-order valence-electron chi connectivity index (χ1n) is 12.2. The predicted molar refractivity (Wildman–Crippen MR) is 145 cm³/mol. The van der Waals surface area contributed by atoms with Gasteiger partial charge in [-0.05, 0) is 39.8 Å². The highest BCUT2D eigenvalue weighted by Crippen LogP contribution is 2.31. The lowest BCUT2D eigenvalue weighted by Gasteiger charge is -2.17. The molecular weight excluding hydrogens is 547 g/mol. The van der Waals surface area contributed by atoms with Gasteiger partial charge in [0.05, 0.1) is 40.5 Å². The number of nitrogens with zero attached hydrogens (tertiary/aromatic N) is 7. The lowest BCUT2D eigenvalue weighted by molar-refractivity contribution is -0.213. The van der Waals surface area contributed by atoms with E-state index < -0.39 is 6.30 Å². The van der Waals surface area contributed by atoms with E-state index >= 15 is 0 Å². The van der Waals surface area contributed by atoms with Crippen LogP contribution in [0.2, 0.25) is 5.15 Å². The average Bonchev–Trinajstić information content (AvgIpc) is 3.32. The summed E-state index contributed by atoms with van der Waals surface area (Å²) in [5, 5.41) is 11.6. The number of ether oxygens (including phenoxy) is 1. The van der Waals surface area contributed by atoms with Gasteiger partial charge in [-0.1, -0.05) is 23.4 Å². The number of nitrogens with one attached hydrogen (secondary N) is 1. The highest BCUT2D eigenvalue weighted by Gasteiger charge is 2.34. The summed E-state index contributed by atoms with van der Waals surface area (Å²) in [4.78, 5) is 12.7. The molecule has 0 spiro atoms. The fourth-order valence-electron chi connectivity index (χ4n) is 4.07. The van der Waals surface area contributed by atoms with Gasteiger partial charge in [0.2, 0.25) is 5.88 Å². The molecule has 0 unspecified atom stereocenters. The molecule has 4 heterocycles. The minimum atomic E-state index is -4.63. The predicted octanol–water partition coefficient (Wildman–Crippen LogP) is 4.78. The Morgan fingerprint density at radius 3 is 2.58 bits per heavy atom. The monoisotopic (exact) mass is 573 g/mol. The van der Waals surface area contributed by atoms with Gasteiger partial charge < -0.3 is 15.8 Å². The van der Waals surface area contributed by atoms with Gasteiger partial charge in [-0.3, -0.25) is 0 Å². The molecule has 0 radical (unpaired) electrons. The Bertz CT molecular complexity index is 1600. The summed E-state index contributed by atoms with van der Waals surface area (Å²) in [7, 11) is 1.77. The summed E-state index contributed by atoms with van der Waals surface area (Å²) in [5.41, 5.74) is 8.54. The largest absolute Gasteiger partial charge is 0.504 e. The third-order valence-corrected chi connectivity index (χ3v) is 6.19. The summed E-state index contributed by atoms with van der Waals surface area (Å²) >= 11 is 6.12. The van der Waals surface area contributed by atoms with Crippen LogP contribution < -0.4 is 15.8 Å². The van der Waals surface area contributed by atoms with Gasteiger partial charge >= 0.3 is 6.30 Å². The zero-order valence-electron chi connectivity index (χ0n) is 22.4. The summed E-state index contributed by atoms with van der Waals surface area (Å²) in [6, 6.07) is 3.11. The molecule has 0 saturated carbocycles. The minimum Gasteiger partial charge on any atom is -0.477 e. The van der Waals surface area contributed by atoms with Gasteiger partial charge in [-0.25, -0.2) is 19.6 Å². The molecule has 0 fully saturated rings. The molecule has 1 atom stereocenters. The summed E-state index contributed by atoms with van der Waals surface area (Å²) < 4.78 is 47.3. The zero-order valence-corrected chi connectivity index (χ0v) is 23.2. The molecule has 40 heavy (non-hydrogen) atoms. The maximum Gasteiger partial charge on any atom is 0.504 e. The smallest absolute Gasteiger partial charge is 0.477 e. The Balaban J connectivity index is 1.48. The van der Waals surface area contributed by atoms with Gasteiger partial charge in [0, 0.05) is 31.9 Å². The van der Waals surface area contributed by atoms with E-state index in [-0.39, 0.29) is 32.8 Å². The number of nitrogens with two attached hydrogens (primary N) is 1. The van der Waals surface area contributed by atoms with Gasteiger partial charge in [-0.2, -0.15) is 14.9 Å². The van der Waals surface area contributed by atoms with Crippen LogP contribution in [0.3, 0.4) is 0 Å². The molecule has 0 aliphatic heterocycles. The van der Waals surface area contributed by atoms with E-state index in [4.69, 9.17) is 22.1 Å². The molecule has 0 bridgehead atoms. The van der Waals surface area contributed by atoms with Crippen molar-refractivity contribution in [1.29, 1.82) is 0 Å². The molecule has 4 rings (SSSR count). The van der Waals surface area contributed by atoms with Crippen molar-refractivity contribution in [2.45, 2.75) is 46.5 Å². The SMILES string of the molecule is Cc1nn(C(F)(F)F)c(C)c1C#Cc1cnc(Cl)cc1N[C@@H](C)CCOc1c(-c2nccc(N)n2)c(C)nn1C. The normalized spacial score (nSPS) is 12.1. The topological polar surface area (TPSA) is 122 Å². The van der Waals surface area contributed by atoms with Crippen molar-refractivity contribution in [3.8, 4) is 29.1 Å². The van der Waals surface area contributed by atoms with E-state index in [0.29, 0.717) is 53.1 Å². The number of pyridine rings is 1. The molecule has 4 aromatic rings. The van der Waals surface area contributed by atoms with E-state index in [1.165, 1.54) is 20.0 Å². The number of nitrogen functional groups attached to an aromatic ring is 1. The molecule has 0 aliphatic carbocycles. The highest BCUT2D eigenvalue weighted by atomic mass is 35.5. The summed E-state index contributed by atoms with van der Waals surface area (Å²) in [6.07, 6.45) is -1.01. The number of anilines is 2. The van der Waals surface area contributed by atoms with E-state index in [2.05, 4.69) is 42.3 Å². The summed E-state index contributed by atoms with van der Waals surface area (Å²) in [6.45, 7) is 6.93. The van der Waals surface area contributed by atoms with Crippen LogP contribution in [0.5, 0.6) is 5.88 Å². The number of aromatic nitrogens is 7. The first-order valence-corrected chi connectivity index (χ1v) is 12.6. The van der Waals surface area contributed by atoms with Crippen LogP contribution in [-0.2, 0) is 13.3 Å². The Labute approximate surface area is 233 Å². The standard InChI is InChI=1S/C26H27ClF3N9O/c1-14(9-11-40-25-23(16(3)36-38(25)5)24-32-10-8-22(31)35-24)34-20-12-21(27)33-13-18(20)6-7-19-15(2)37-39(17(19)4)26(28,29)30/h8,10,12-14H,9,11H2,1-5H3,(H,33,34)(H2,31,32,35)/t14-/m0/s1. The van der Waals surface area contributed by atoms with Crippen molar-refractivity contribution in [2.24, 2.45) is 7.05 Å². The van der Waals surface area contributed by atoms with Crippen LogP contribution in [0.15, 0.2) is 24.5 Å². The van der Waals surface area contributed by atoms with Crippen LogP contribution >= 0.6 is 11.6 Å². The van der Waals surface area contributed by atoms with Crippen LogP contribution in [0.1, 0.15) is 41.6 Å². The number of hydrogen-bond acceptors (Lipinski definition) is 8. The van der Waals surface area contributed by atoms with Crippen molar-refractivity contribution >= 4 is 23.1 Å². The molecule has 0 amide bonds. The first-order chi connectivity index (χ1) is 18.8. The maximum atomic E-state index is 13.2. The van der Waals surface area contributed by atoms with Crippen LogP contribution in [-0.4, -0.2) is 47.2 Å². The maximum absolute atomic E-state index is 13.2. The number of alkyl halides is 3. The Kier molecular flexibility index (Phi) is 8.20. The molecule has 210 valence electrons. The number of hydrogen-bond donors (Lipinski definition) is 2. The lowest BCUT2D eigenvalue weighted by Crippen LogP contribution is -2.20. The van der Waals surface area contributed by atoms with Crippen LogP contribution in [0.25, 0.3) is 11.4 Å². The number of halogens is 4. The fourth-order valence-corrected chi connectivity index (χ4v) is 4.23. The van der Waals surface area contributed by atoms with E-state index in [1.54, 1.807) is 30.1 Å². The van der Waals surface area contributed by atoms with Crippen molar-refractivity contribution in [1.82, 2.24) is 34.5 Å². The van der Waals surface area contributed by atoms with Crippen molar-refractivity contribution < 1.29 is 17.9 Å². The lowest BCUT2D eigenvalue weighted by atomic mass is 10.1. The van der Waals surface area contributed by atoms with E-state index in [1.807, 2.05) is 13.8 Å². The molecule has 0 aliphatic rings. The van der Waals surface area contributed by atoms with Crippen molar-refractivity contribution in [3.05, 3.63) is 57.9 Å². The first kappa shape index (κ1) is 28.7. The van der Waals surface area contributed by atoms with E-state index in [0.717, 1.165) is 0 Å². The molecular formula is C26H27ClF3N9O. The van der Waals surface area contributed by atoms with Gasteiger partial charge in [0.25, 0.3) is 0 Å². The molecule has 10 nitrogen and oxygen atoms in total. The second-order valence-electron chi connectivity index (χ2n) is 9.10. The molecule has 0 aromatic carbocycles. The molecule has 0 saturated heterocycles. The van der Waals surface area contributed by atoms with Gasteiger partial charge in [0.15, 0.2) is 5.82 Å². The number of aryl methyl sites for hydroxylation is 3. The Hall–Kier alpha value is -4.31. The third kappa shape index (κ3) is 6.28. The molecule has 4 aromatic heterocycles. The highest BCUT2D eigenvalue weighted by molar-refractivity contribution is 6.29. The Morgan fingerprint density at radius 1 is 1.15 bits per heavy atom. The minimum absolute atomic E-state index is 0.0156. The van der Waals surface area contributed by atoms with Crippen LogP contribution in [0, 0.1) is 32.6 Å². The van der Waals surface area contributed by atoms with Crippen LogP contribution in [0.4, 0.5) is 24.7 Å². The second-order valence-corrected chi connectivity index (χ2v) is 9.49. The third-order valence-electron chi connectivity index (χ3n) is 5.99. The second kappa shape index (κ2) is 11.4. The van der Waals surface area contributed by atoms with E-state index in [9.17, 15) is 13.2 Å². The zero-order chi connectivity index (χ0) is 29.2. The Morgan fingerprint density at radius 2 is 1.90 bits per heavy atom. The quantitative estimate of drug-likeness (QED) is 0.239. The van der Waals surface area contributed by atoms with Gasteiger partial charge in [-0.15, -0.1) is 13.2 Å². The van der Waals surface area contributed by atoms with Gasteiger partial charge in [0.1, 0.15) is 16.5 Å².